The predicted molar refractivity (Wildman–Crippen MR) is 71.3 cm³/mol. The second-order valence-corrected chi connectivity index (χ2v) is 6.46. The Balaban J connectivity index is 2.18. The van der Waals surface area contributed by atoms with Crippen LogP contribution in [0.15, 0.2) is 18.2 Å². The number of halogens is 1. The van der Waals surface area contributed by atoms with Crippen LogP contribution >= 0.6 is 0 Å². The highest BCUT2D eigenvalue weighted by atomic mass is 32.3. The van der Waals surface area contributed by atoms with Gasteiger partial charge in [-0.2, -0.15) is 8.42 Å². The first-order chi connectivity index (χ1) is 8.76. The highest BCUT2D eigenvalue weighted by Crippen LogP contribution is 2.27. The minimum absolute atomic E-state index is 0.0794. The van der Waals surface area contributed by atoms with Crippen LogP contribution in [-0.2, 0) is 15.0 Å². The molecule has 0 N–H and O–H groups in total. The van der Waals surface area contributed by atoms with Crippen LogP contribution < -0.4 is 4.90 Å². The molecule has 2 rings (SSSR count). The molecule has 1 fully saturated rings. The molecule has 104 valence electrons. The Labute approximate surface area is 112 Å². The molecule has 0 spiro atoms. The lowest BCUT2D eigenvalue weighted by atomic mass is 10.1. The average molecular weight is 285 g/mol. The minimum atomic E-state index is -4.53. The molecule has 0 bridgehead atoms. The topological polar surface area (TPSA) is 54.5 Å². The molecule has 1 aromatic rings. The SMILES string of the molecule is Cc1ccc(N2CC(CS(=O)(=O)F)CC2=O)cc1C. The quantitative estimate of drug-likeness (QED) is 0.798. The molecule has 0 aliphatic carbocycles. The molecule has 1 saturated heterocycles. The van der Waals surface area contributed by atoms with E-state index in [9.17, 15) is 17.1 Å². The number of amides is 1. The maximum atomic E-state index is 12.7. The Bertz CT molecular complexity index is 612. The van der Waals surface area contributed by atoms with Crippen molar-refractivity contribution in [1.29, 1.82) is 0 Å². The third-order valence-corrected chi connectivity index (χ3v) is 4.31. The summed E-state index contributed by atoms with van der Waals surface area (Å²) in [5.74, 6) is -1.21. The number of carbonyl (C=O) groups is 1. The zero-order chi connectivity index (χ0) is 14.2. The molecular weight excluding hydrogens is 269 g/mol. The molecule has 1 aliphatic heterocycles. The molecule has 0 aromatic heterocycles. The summed E-state index contributed by atoms with van der Waals surface area (Å²) in [5.41, 5.74) is 2.93. The van der Waals surface area contributed by atoms with Gasteiger partial charge in [0.2, 0.25) is 5.91 Å². The number of aryl methyl sites for hydroxylation is 2. The summed E-state index contributed by atoms with van der Waals surface area (Å²) in [4.78, 5) is 13.4. The largest absolute Gasteiger partial charge is 0.312 e. The van der Waals surface area contributed by atoms with Gasteiger partial charge in [-0.05, 0) is 37.1 Å². The van der Waals surface area contributed by atoms with Crippen LogP contribution in [0.3, 0.4) is 0 Å². The van der Waals surface area contributed by atoms with Crippen molar-refractivity contribution in [2.75, 3.05) is 17.2 Å². The summed E-state index contributed by atoms with van der Waals surface area (Å²) >= 11 is 0. The summed E-state index contributed by atoms with van der Waals surface area (Å²) < 4.78 is 33.9. The Morgan fingerprint density at radius 3 is 2.58 bits per heavy atom. The lowest BCUT2D eigenvalue weighted by Gasteiger charge is -2.17. The first-order valence-corrected chi connectivity index (χ1v) is 7.61. The van der Waals surface area contributed by atoms with E-state index in [4.69, 9.17) is 0 Å². The van der Waals surface area contributed by atoms with Crippen LogP contribution in [0.4, 0.5) is 9.57 Å². The van der Waals surface area contributed by atoms with Gasteiger partial charge in [-0.25, -0.2) is 0 Å². The summed E-state index contributed by atoms with van der Waals surface area (Å²) in [6.07, 6.45) is 0.0794. The fourth-order valence-electron chi connectivity index (χ4n) is 2.32. The Morgan fingerprint density at radius 1 is 1.32 bits per heavy atom. The summed E-state index contributed by atoms with van der Waals surface area (Å²) in [5, 5.41) is 0. The second-order valence-electron chi connectivity index (χ2n) is 5.05. The van der Waals surface area contributed by atoms with Crippen molar-refractivity contribution in [3.8, 4) is 0 Å². The monoisotopic (exact) mass is 285 g/mol. The van der Waals surface area contributed by atoms with Gasteiger partial charge < -0.3 is 4.90 Å². The Kier molecular flexibility index (Phi) is 3.62. The zero-order valence-corrected chi connectivity index (χ0v) is 11.7. The Morgan fingerprint density at radius 2 is 2.00 bits per heavy atom. The van der Waals surface area contributed by atoms with Crippen LogP contribution in [0, 0.1) is 19.8 Å². The van der Waals surface area contributed by atoms with Gasteiger partial charge in [0.25, 0.3) is 0 Å². The van der Waals surface area contributed by atoms with Crippen molar-refractivity contribution in [2.24, 2.45) is 5.92 Å². The molecule has 0 saturated carbocycles. The van der Waals surface area contributed by atoms with E-state index in [1.807, 2.05) is 32.0 Å². The maximum Gasteiger partial charge on any atom is 0.302 e. The van der Waals surface area contributed by atoms with Gasteiger partial charge in [0.05, 0.1) is 5.75 Å². The highest BCUT2D eigenvalue weighted by molar-refractivity contribution is 7.86. The minimum Gasteiger partial charge on any atom is -0.312 e. The van der Waals surface area contributed by atoms with Gasteiger partial charge in [0, 0.05) is 24.6 Å². The normalized spacial score (nSPS) is 20.1. The third-order valence-electron chi connectivity index (χ3n) is 3.44. The van der Waals surface area contributed by atoms with Crippen LogP contribution in [-0.4, -0.2) is 26.6 Å². The molecule has 4 nitrogen and oxygen atoms in total. The number of hydrogen-bond acceptors (Lipinski definition) is 3. The first kappa shape index (κ1) is 14.0. The van der Waals surface area contributed by atoms with Gasteiger partial charge in [-0.1, -0.05) is 6.07 Å². The molecule has 19 heavy (non-hydrogen) atoms. The van der Waals surface area contributed by atoms with Crippen molar-refractivity contribution in [1.82, 2.24) is 0 Å². The molecule has 1 amide bonds. The average Bonchev–Trinajstić information content (AvgIpc) is 2.61. The van der Waals surface area contributed by atoms with Crippen LogP contribution in [0.5, 0.6) is 0 Å². The van der Waals surface area contributed by atoms with E-state index in [-0.39, 0.29) is 18.9 Å². The predicted octanol–water partition coefficient (Wildman–Crippen LogP) is 1.96. The fourth-order valence-corrected chi connectivity index (χ4v) is 3.10. The van der Waals surface area contributed by atoms with Crippen molar-refractivity contribution in [2.45, 2.75) is 20.3 Å². The van der Waals surface area contributed by atoms with Crippen LogP contribution in [0.2, 0.25) is 0 Å². The van der Waals surface area contributed by atoms with Crippen molar-refractivity contribution < 1.29 is 17.1 Å². The molecule has 0 radical (unpaired) electrons. The molecule has 1 heterocycles. The number of anilines is 1. The van der Waals surface area contributed by atoms with Crippen LogP contribution in [0.25, 0.3) is 0 Å². The first-order valence-electron chi connectivity index (χ1n) is 6.06. The highest BCUT2D eigenvalue weighted by Gasteiger charge is 2.33. The smallest absolute Gasteiger partial charge is 0.302 e. The lowest BCUT2D eigenvalue weighted by Crippen LogP contribution is -2.25. The standard InChI is InChI=1S/C13H16FNO3S/c1-9-3-4-12(5-10(9)2)15-7-11(6-13(15)16)8-19(14,17)18/h3-5,11H,6-8H2,1-2H3. The number of benzene rings is 1. The van der Waals surface area contributed by atoms with Crippen LogP contribution in [0.1, 0.15) is 17.5 Å². The molecule has 1 unspecified atom stereocenters. The number of carbonyl (C=O) groups excluding carboxylic acids is 1. The lowest BCUT2D eigenvalue weighted by molar-refractivity contribution is -0.117. The van der Waals surface area contributed by atoms with Crippen molar-refractivity contribution in [3.05, 3.63) is 29.3 Å². The van der Waals surface area contributed by atoms with E-state index in [1.165, 1.54) is 4.90 Å². The molecule has 1 aliphatic rings. The molecular formula is C13H16FNO3S. The van der Waals surface area contributed by atoms with E-state index in [0.717, 1.165) is 16.8 Å². The number of hydrogen-bond donors (Lipinski definition) is 0. The fraction of sp³-hybridized carbons (Fsp3) is 0.462. The van der Waals surface area contributed by atoms with Crippen molar-refractivity contribution in [3.63, 3.8) is 0 Å². The van der Waals surface area contributed by atoms with Crippen molar-refractivity contribution >= 4 is 21.8 Å². The molecule has 6 heteroatoms. The summed E-state index contributed by atoms with van der Waals surface area (Å²) in [6, 6.07) is 5.63. The van der Waals surface area contributed by atoms with Gasteiger partial charge >= 0.3 is 10.2 Å². The van der Waals surface area contributed by atoms with Gasteiger partial charge in [0.1, 0.15) is 0 Å². The van der Waals surface area contributed by atoms with E-state index in [0.29, 0.717) is 0 Å². The van der Waals surface area contributed by atoms with E-state index in [2.05, 4.69) is 0 Å². The zero-order valence-electron chi connectivity index (χ0n) is 10.9. The third kappa shape index (κ3) is 3.32. The number of rotatable bonds is 3. The van der Waals surface area contributed by atoms with Gasteiger partial charge in [-0.3, -0.25) is 4.79 Å². The molecule has 1 aromatic carbocycles. The molecule has 1 atom stereocenters. The second kappa shape index (κ2) is 4.92. The Hall–Kier alpha value is -1.43. The maximum absolute atomic E-state index is 12.7. The van der Waals surface area contributed by atoms with E-state index >= 15 is 0 Å². The summed E-state index contributed by atoms with van der Waals surface area (Å²) in [7, 11) is -4.53. The van der Waals surface area contributed by atoms with Gasteiger partial charge in [0.15, 0.2) is 0 Å². The summed E-state index contributed by atoms with van der Waals surface area (Å²) in [6.45, 7) is 4.18. The van der Waals surface area contributed by atoms with E-state index < -0.39 is 21.9 Å². The van der Waals surface area contributed by atoms with E-state index in [1.54, 1.807) is 0 Å². The number of nitrogens with zero attached hydrogens (tertiary/aromatic N) is 1. The van der Waals surface area contributed by atoms with Gasteiger partial charge in [-0.15, -0.1) is 3.89 Å².